The molecule has 0 unspecified atom stereocenters. The first-order valence-electron chi connectivity index (χ1n) is 9.23. The standard InChI is InChI=1S/C20H25BrN4O2S/c1-3-4-11-25-19-10-9-17(28(22,26)27)12-18(19)23-20(25)14-24(2)13-15-5-7-16(21)8-6-15/h5-10,12H,3-4,11,13-14H2,1-2H3,(H2,22,26,27). The molecule has 0 atom stereocenters. The first-order chi connectivity index (χ1) is 13.3. The van der Waals surface area contributed by atoms with E-state index in [0.717, 1.165) is 41.7 Å². The van der Waals surface area contributed by atoms with Gasteiger partial charge in [0.25, 0.3) is 0 Å². The lowest BCUT2D eigenvalue weighted by atomic mass is 10.2. The summed E-state index contributed by atoms with van der Waals surface area (Å²) in [6, 6.07) is 13.2. The number of halogens is 1. The van der Waals surface area contributed by atoms with E-state index in [4.69, 9.17) is 10.1 Å². The first kappa shape index (κ1) is 21.0. The van der Waals surface area contributed by atoms with Gasteiger partial charge in [-0.05, 0) is 49.4 Å². The molecule has 8 heteroatoms. The molecule has 0 aliphatic carbocycles. The lowest BCUT2D eigenvalue weighted by Gasteiger charge is -2.17. The van der Waals surface area contributed by atoms with E-state index in [2.05, 4.69) is 51.5 Å². The molecule has 1 aromatic heterocycles. The van der Waals surface area contributed by atoms with E-state index in [1.807, 2.05) is 12.1 Å². The Hall–Kier alpha value is -1.74. The number of aromatic nitrogens is 2. The highest BCUT2D eigenvalue weighted by Gasteiger charge is 2.16. The highest BCUT2D eigenvalue weighted by molar-refractivity contribution is 9.10. The summed E-state index contributed by atoms with van der Waals surface area (Å²) in [4.78, 5) is 7.02. The van der Waals surface area contributed by atoms with E-state index < -0.39 is 10.0 Å². The molecular formula is C20H25BrN4O2S. The molecule has 0 saturated carbocycles. The Kier molecular flexibility index (Phi) is 6.54. The topological polar surface area (TPSA) is 81.2 Å². The van der Waals surface area contributed by atoms with Gasteiger partial charge in [-0.3, -0.25) is 4.90 Å². The lowest BCUT2D eigenvalue weighted by molar-refractivity contribution is 0.305. The largest absolute Gasteiger partial charge is 0.327 e. The lowest BCUT2D eigenvalue weighted by Crippen LogP contribution is -2.20. The molecule has 6 nitrogen and oxygen atoms in total. The van der Waals surface area contributed by atoms with E-state index >= 15 is 0 Å². The Morgan fingerprint density at radius 2 is 1.86 bits per heavy atom. The summed E-state index contributed by atoms with van der Waals surface area (Å²) in [5.74, 6) is 0.926. The van der Waals surface area contributed by atoms with Crippen LogP contribution in [0, 0.1) is 0 Å². The number of rotatable bonds is 8. The Labute approximate surface area is 174 Å². The maximum atomic E-state index is 11.7. The number of primary sulfonamides is 1. The van der Waals surface area contributed by atoms with Gasteiger partial charge in [-0.15, -0.1) is 0 Å². The molecule has 28 heavy (non-hydrogen) atoms. The molecule has 0 saturated heterocycles. The molecule has 0 aliphatic rings. The molecule has 2 aromatic carbocycles. The van der Waals surface area contributed by atoms with Crippen LogP contribution in [0.3, 0.4) is 0 Å². The summed E-state index contributed by atoms with van der Waals surface area (Å²) in [5, 5.41) is 5.28. The van der Waals surface area contributed by atoms with E-state index in [9.17, 15) is 8.42 Å². The third kappa shape index (κ3) is 5.00. The second-order valence-corrected chi connectivity index (χ2v) is 9.50. The maximum absolute atomic E-state index is 11.7. The summed E-state index contributed by atoms with van der Waals surface area (Å²) >= 11 is 3.46. The van der Waals surface area contributed by atoms with Crippen molar-refractivity contribution in [2.75, 3.05) is 7.05 Å². The van der Waals surface area contributed by atoms with Crippen molar-refractivity contribution >= 4 is 37.0 Å². The van der Waals surface area contributed by atoms with Gasteiger partial charge in [-0.1, -0.05) is 41.4 Å². The average molecular weight is 465 g/mol. The zero-order valence-electron chi connectivity index (χ0n) is 16.1. The van der Waals surface area contributed by atoms with Crippen LogP contribution in [-0.4, -0.2) is 29.9 Å². The molecule has 3 aromatic rings. The van der Waals surface area contributed by atoms with Gasteiger partial charge in [0.05, 0.1) is 22.5 Å². The Morgan fingerprint density at radius 3 is 2.50 bits per heavy atom. The van der Waals surface area contributed by atoms with Crippen LogP contribution < -0.4 is 5.14 Å². The van der Waals surface area contributed by atoms with Crippen molar-refractivity contribution < 1.29 is 8.42 Å². The van der Waals surface area contributed by atoms with Crippen LogP contribution in [0.15, 0.2) is 51.8 Å². The number of hydrogen-bond donors (Lipinski definition) is 1. The fraction of sp³-hybridized carbons (Fsp3) is 0.350. The van der Waals surface area contributed by atoms with E-state index in [-0.39, 0.29) is 4.90 Å². The number of nitrogens with two attached hydrogens (primary N) is 1. The van der Waals surface area contributed by atoms with Crippen LogP contribution in [0.1, 0.15) is 31.2 Å². The number of imidazole rings is 1. The van der Waals surface area contributed by atoms with Gasteiger partial charge in [0.2, 0.25) is 10.0 Å². The fourth-order valence-electron chi connectivity index (χ4n) is 3.22. The van der Waals surface area contributed by atoms with Gasteiger partial charge in [-0.2, -0.15) is 0 Å². The average Bonchev–Trinajstić information content (AvgIpc) is 2.97. The zero-order chi connectivity index (χ0) is 20.3. The maximum Gasteiger partial charge on any atom is 0.238 e. The second-order valence-electron chi connectivity index (χ2n) is 7.03. The predicted octanol–water partition coefficient (Wildman–Crippen LogP) is 3.88. The van der Waals surface area contributed by atoms with Crippen molar-refractivity contribution in [2.24, 2.45) is 5.14 Å². The summed E-state index contributed by atoms with van der Waals surface area (Å²) in [7, 11) is -1.69. The smallest absolute Gasteiger partial charge is 0.238 e. The number of aryl methyl sites for hydroxylation is 1. The van der Waals surface area contributed by atoms with Gasteiger partial charge in [0, 0.05) is 17.6 Å². The van der Waals surface area contributed by atoms with Gasteiger partial charge >= 0.3 is 0 Å². The van der Waals surface area contributed by atoms with Crippen molar-refractivity contribution in [1.82, 2.24) is 14.5 Å². The summed E-state index contributed by atoms with van der Waals surface area (Å²) in [5.41, 5.74) is 2.82. The van der Waals surface area contributed by atoms with E-state index in [1.54, 1.807) is 18.2 Å². The van der Waals surface area contributed by atoms with Crippen LogP contribution >= 0.6 is 15.9 Å². The highest BCUT2D eigenvalue weighted by Crippen LogP contribution is 2.22. The number of sulfonamides is 1. The van der Waals surface area contributed by atoms with E-state index in [0.29, 0.717) is 12.1 Å². The molecule has 3 rings (SSSR count). The number of fused-ring (bicyclic) bond motifs is 1. The summed E-state index contributed by atoms with van der Waals surface area (Å²) in [6.45, 7) is 4.46. The highest BCUT2D eigenvalue weighted by atomic mass is 79.9. The minimum absolute atomic E-state index is 0.0925. The summed E-state index contributed by atoms with van der Waals surface area (Å²) in [6.07, 6.45) is 2.11. The van der Waals surface area contributed by atoms with Crippen LogP contribution in [0.4, 0.5) is 0 Å². The van der Waals surface area contributed by atoms with Crippen molar-refractivity contribution in [1.29, 1.82) is 0 Å². The SMILES string of the molecule is CCCCn1c(CN(C)Cc2ccc(Br)cc2)nc2cc(S(N)(=O)=O)ccc21. The Balaban J connectivity index is 1.90. The van der Waals surface area contributed by atoms with Crippen molar-refractivity contribution in [3.8, 4) is 0 Å². The van der Waals surface area contributed by atoms with Crippen LogP contribution in [-0.2, 0) is 29.7 Å². The molecule has 0 fully saturated rings. The Morgan fingerprint density at radius 1 is 1.14 bits per heavy atom. The Bertz CT molecular complexity index is 1060. The number of unbranched alkanes of at least 4 members (excludes halogenated alkanes) is 1. The minimum Gasteiger partial charge on any atom is -0.327 e. The summed E-state index contributed by atoms with van der Waals surface area (Å²) < 4.78 is 26.6. The quantitative estimate of drug-likeness (QED) is 0.548. The fourth-order valence-corrected chi connectivity index (χ4v) is 4.02. The van der Waals surface area contributed by atoms with Crippen LogP contribution in [0.25, 0.3) is 11.0 Å². The van der Waals surface area contributed by atoms with Crippen LogP contribution in [0.2, 0.25) is 0 Å². The first-order valence-corrected chi connectivity index (χ1v) is 11.6. The number of hydrogen-bond acceptors (Lipinski definition) is 4. The van der Waals surface area contributed by atoms with E-state index in [1.165, 1.54) is 5.56 Å². The molecule has 0 bridgehead atoms. The molecule has 0 aliphatic heterocycles. The molecule has 0 radical (unpaired) electrons. The molecule has 0 amide bonds. The molecule has 150 valence electrons. The molecule has 1 heterocycles. The third-order valence-corrected chi connectivity index (χ3v) is 6.08. The third-order valence-electron chi connectivity index (χ3n) is 4.64. The number of nitrogens with zero attached hydrogens (tertiary/aromatic N) is 3. The minimum atomic E-state index is -3.75. The van der Waals surface area contributed by atoms with Gasteiger partial charge in [-0.25, -0.2) is 18.5 Å². The van der Waals surface area contributed by atoms with Crippen molar-refractivity contribution in [2.45, 2.75) is 44.3 Å². The normalized spacial score (nSPS) is 12.2. The monoisotopic (exact) mass is 464 g/mol. The zero-order valence-corrected chi connectivity index (χ0v) is 18.5. The molecule has 0 spiro atoms. The van der Waals surface area contributed by atoms with Gasteiger partial charge < -0.3 is 4.57 Å². The van der Waals surface area contributed by atoms with Crippen molar-refractivity contribution in [3.63, 3.8) is 0 Å². The van der Waals surface area contributed by atoms with Crippen molar-refractivity contribution in [3.05, 3.63) is 58.3 Å². The molecular weight excluding hydrogens is 440 g/mol. The van der Waals surface area contributed by atoms with Gasteiger partial charge in [0.1, 0.15) is 5.82 Å². The number of benzene rings is 2. The van der Waals surface area contributed by atoms with Crippen LogP contribution in [0.5, 0.6) is 0 Å². The second kappa shape index (κ2) is 8.73. The predicted molar refractivity (Wildman–Crippen MR) is 115 cm³/mol. The molecule has 2 N–H and O–H groups in total. The van der Waals surface area contributed by atoms with Gasteiger partial charge in [0.15, 0.2) is 0 Å².